The molecule has 150 valence electrons. The second-order valence-electron chi connectivity index (χ2n) is 7.42. The summed E-state index contributed by atoms with van der Waals surface area (Å²) in [5.74, 6) is -2.55. The van der Waals surface area contributed by atoms with Crippen LogP contribution in [0.5, 0.6) is 5.75 Å². The highest BCUT2D eigenvalue weighted by molar-refractivity contribution is 5.75. The molecule has 28 heavy (non-hydrogen) atoms. The van der Waals surface area contributed by atoms with Gasteiger partial charge in [0.2, 0.25) is 5.72 Å². The van der Waals surface area contributed by atoms with Crippen molar-refractivity contribution in [2.24, 2.45) is 5.92 Å². The summed E-state index contributed by atoms with van der Waals surface area (Å²) < 4.78 is 57.2. The number of aromatic hydroxyl groups is 1. The normalized spacial score (nSPS) is 16.1. The number of nitrogens with zero attached hydrogens (tertiary/aromatic N) is 2. The fourth-order valence-corrected chi connectivity index (χ4v) is 3.62. The van der Waals surface area contributed by atoms with E-state index in [1.165, 1.54) is 45.2 Å². The van der Waals surface area contributed by atoms with Crippen molar-refractivity contribution >= 4 is 11.0 Å². The van der Waals surface area contributed by atoms with E-state index in [9.17, 15) is 27.8 Å². The first-order valence-electron chi connectivity index (χ1n) is 8.61. The number of aliphatic hydroxyl groups is 1. The summed E-state index contributed by atoms with van der Waals surface area (Å²) in [5.41, 5.74) is -4.41. The Morgan fingerprint density at radius 3 is 2.43 bits per heavy atom. The van der Waals surface area contributed by atoms with Gasteiger partial charge in [-0.2, -0.15) is 13.2 Å². The molecule has 0 amide bonds. The lowest BCUT2D eigenvalue weighted by atomic mass is 9.68. The third-order valence-corrected chi connectivity index (χ3v) is 5.58. The van der Waals surface area contributed by atoms with Gasteiger partial charge in [-0.1, -0.05) is 20.8 Å². The minimum absolute atomic E-state index is 0.0303. The number of aromatic nitrogens is 2. The van der Waals surface area contributed by atoms with Crippen LogP contribution in [0.15, 0.2) is 48.8 Å². The average Bonchev–Trinajstić information content (AvgIpc) is 3.05. The third kappa shape index (κ3) is 2.92. The quantitative estimate of drug-likeness (QED) is 0.629. The summed E-state index contributed by atoms with van der Waals surface area (Å²) in [5, 5.41) is 21.2. The van der Waals surface area contributed by atoms with Gasteiger partial charge in [-0.25, -0.2) is 4.39 Å². The highest BCUT2D eigenvalue weighted by Gasteiger charge is 2.62. The predicted octanol–water partition coefficient (Wildman–Crippen LogP) is 4.70. The molecule has 0 aliphatic rings. The zero-order valence-corrected chi connectivity index (χ0v) is 15.5. The van der Waals surface area contributed by atoms with Crippen LogP contribution in [0.2, 0.25) is 0 Å². The van der Waals surface area contributed by atoms with Gasteiger partial charge < -0.3 is 14.8 Å². The van der Waals surface area contributed by atoms with Crippen LogP contribution >= 0.6 is 0 Å². The van der Waals surface area contributed by atoms with Gasteiger partial charge >= 0.3 is 6.18 Å². The van der Waals surface area contributed by atoms with E-state index in [0.717, 1.165) is 29.0 Å². The Balaban J connectivity index is 2.23. The largest absolute Gasteiger partial charge is 0.508 e. The first-order valence-corrected chi connectivity index (χ1v) is 8.61. The molecule has 3 aromatic rings. The predicted molar refractivity (Wildman–Crippen MR) is 96.2 cm³/mol. The Bertz CT molecular complexity index is 1010. The minimum Gasteiger partial charge on any atom is -0.508 e. The van der Waals surface area contributed by atoms with Crippen molar-refractivity contribution in [1.82, 2.24) is 9.55 Å². The fraction of sp³-hybridized carbons (Fsp3) is 0.350. The molecular formula is C20H20F4N2O2. The van der Waals surface area contributed by atoms with Gasteiger partial charge in [0.1, 0.15) is 11.6 Å². The number of hydrogen-bond donors (Lipinski definition) is 2. The molecule has 0 aliphatic heterocycles. The lowest BCUT2D eigenvalue weighted by molar-refractivity contribution is -0.323. The maximum atomic E-state index is 14.2. The average molecular weight is 396 g/mol. The number of pyridine rings is 1. The Hall–Kier alpha value is -2.61. The van der Waals surface area contributed by atoms with Gasteiger partial charge in [0.15, 0.2) is 0 Å². The number of alkyl halides is 3. The van der Waals surface area contributed by atoms with E-state index in [-0.39, 0.29) is 16.8 Å². The molecule has 2 atom stereocenters. The topological polar surface area (TPSA) is 58.3 Å². The maximum absolute atomic E-state index is 14.2. The molecule has 2 N–H and O–H groups in total. The van der Waals surface area contributed by atoms with Gasteiger partial charge in [0.25, 0.3) is 0 Å². The molecule has 0 bridgehead atoms. The molecule has 2 unspecified atom stereocenters. The zero-order valence-electron chi connectivity index (χ0n) is 15.5. The highest BCUT2D eigenvalue weighted by atomic mass is 19.4. The molecule has 8 heteroatoms. The second kappa shape index (κ2) is 6.48. The van der Waals surface area contributed by atoms with E-state index in [1.54, 1.807) is 0 Å². The van der Waals surface area contributed by atoms with Crippen molar-refractivity contribution in [2.45, 2.75) is 38.1 Å². The van der Waals surface area contributed by atoms with E-state index < -0.39 is 29.1 Å². The SMILES string of the molecule is CC(C(C)(C)c1cc(F)ccc1O)C(O)(n1ccc2ncccc21)C(F)(F)F. The fourth-order valence-electron chi connectivity index (χ4n) is 3.62. The molecule has 0 spiro atoms. The molecule has 0 aliphatic carbocycles. The van der Waals surface area contributed by atoms with Crippen molar-refractivity contribution in [3.8, 4) is 5.75 Å². The third-order valence-electron chi connectivity index (χ3n) is 5.58. The van der Waals surface area contributed by atoms with Crippen LogP contribution < -0.4 is 0 Å². The van der Waals surface area contributed by atoms with Crippen molar-refractivity contribution in [1.29, 1.82) is 0 Å². The highest BCUT2D eigenvalue weighted by Crippen LogP contribution is 2.50. The molecule has 3 rings (SSSR count). The lowest BCUT2D eigenvalue weighted by Crippen LogP contribution is -2.57. The maximum Gasteiger partial charge on any atom is 0.437 e. The van der Waals surface area contributed by atoms with E-state index in [0.29, 0.717) is 5.52 Å². The van der Waals surface area contributed by atoms with Crippen molar-refractivity contribution in [2.75, 3.05) is 0 Å². The Labute approximate surface area is 159 Å². The van der Waals surface area contributed by atoms with E-state index in [1.807, 2.05) is 0 Å². The summed E-state index contributed by atoms with van der Waals surface area (Å²) in [6.07, 6.45) is -2.49. The summed E-state index contributed by atoms with van der Waals surface area (Å²) >= 11 is 0. The van der Waals surface area contributed by atoms with Gasteiger partial charge in [-0.05, 0) is 36.4 Å². The van der Waals surface area contributed by atoms with Crippen LogP contribution in [0, 0.1) is 11.7 Å². The number of phenols is 1. The number of hydrogen-bond acceptors (Lipinski definition) is 3. The number of rotatable bonds is 4. The molecule has 1 aromatic carbocycles. The number of benzene rings is 1. The van der Waals surface area contributed by atoms with Gasteiger partial charge in [-0.3, -0.25) is 4.98 Å². The number of phenolic OH excluding ortho intramolecular Hbond substituents is 1. The van der Waals surface area contributed by atoms with E-state index in [2.05, 4.69) is 4.98 Å². The van der Waals surface area contributed by atoms with E-state index >= 15 is 0 Å². The number of fused-ring (bicyclic) bond motifs is 1. The Kier molecular flexibility index (Phi) is 4.66. The lowest BCUT2D eigenvalue weighted by Gasteiger charge is -2.45. The van der Waals surface area contributed by atoms with Crippen LogP contribution in [0.3, 0.4) is 0 Å². The van der Waals surface area contributed by atoms with Crippen LogP contribution in [-0.2, 0) is 11.1 Å². The van der Waals surface area contributed by atoms with E-state index in [4.69, 9.17) is 0 Å². The monoisotopic (exact) mass is 396 g/mol. The second-order valence-corrected chi connectivity index (χ2v) is 7.42. The van der Waals surface area contributed by atoms with Crippen LogP contribution in [0.4, 0.5) is 17.6 Å². The molecule has 2 aromatic heterocycles. The molecule has 4 nitrogen and oxygen atoms in total. The van der Waals surface area contributed by atoms with Crippen LogP contribution in [0.1, 0.15) is 26.3 Å². The number of halogens is 4. The first kappa shape index (κ1) is 20.1. The summed E-state index contributed by atoms with van der Waals surface area (Å²) in [6.45, 7) is 4.07. The van der Waals surface area contributed by atoms with Crippen molar-refractivity contribution in [3.63, 3.8) is 0 Å². The Morgan fingerprint density at radius 2 is 1.79 bits per heavy atom. The minimum atomic E-state index is -5.06. The van der Waals surface area contributed by atoms with Gasteiger partial charge in [0, 0.05) is 29.3 Å². The molecule has 0 saturated carbocycles. The van der Waals surface area contributed by atoms with Gasteiger partial charge in [0.05, 0.1) is 11.0 Å². The van der Waals surface area contributed by atoms with Crippen molar-refractivity contribution in [3.05, 3.63) is 60.2 Å². The molecule has 0 radical (unpaired) electrons. The molecule has 0 fully saturated rings. The summed E-state index contributed by atoms with van der Waals surface area (Å²) in [7, 11) is 0. The molecule has 2 heterocycles. The summed E-state index contributed by atoms with van der Waals surface area (Å²) in [6, 6.07) is 7.37. The van der Waals surface area contributed by atoms with Crippen molar-refractivity contribution < 1.29 is 27.8 Å². The standard InChI is InChI=1S/C20H20F4N2O2/c1-12(18(2,3)14-11-13(21)6-7-17(14)27)19(28,20(22,23)24)26-10-8-15-16(26)5-4-9-25-15/h4-12,27-28H,1-3H3. The van der Waals surface area contributed by atoms with Gasteiger partial charge in [-0.15, -0.1) is 0 Å². The molecular weight excluding hydrogens is 376 g/mol. The zero-order chi connectivity index (χ0) is 20.9. The van der Waals surface area contributed by atoms with Crippen LogP contribution in [0.25, 0.3) is 11.0 Å². The first-order chi connectivity index (χ1) is 12.9. The summed E-state index contributed by atoms with van der Waals surface area (Å²) in [4.78, 5) is 4.01. The smallest absolute Gasteiger partial charge is 0.437 e. The van der Waals surface area contributed by atoms with Crippen LogP contribution in [-0.4, -0.2) is 25.9 Å². The molecule has 0 saturated heterocycles. The Morgan fingerprint density at radius 1 is 1.11 bits per heavy atom.